The Hall–Kier alpha value is -4.45. The molecular weight excluding hydrogens is 479 g/mol. The van der Waals surface area contributed by atoms with Crippen LogP contribution < -0.4 is 16.2 Å². The number of alkyl halides is 3. The van der Waals surface area contributed by atoms with Gasteiger partial charge in [-0.3, -0.25) is 4.79 Å². The van der Waals surface area contributed by atoms with Crippen molar-refractivity contribution < 1.29 is 32.3 Å². The van der Waals surface area contributed by atoms with E-state index < -0.39 is 24.3 Å². The molecule has 2 aromatic heterocycles. The molecule has 0 saturated carbocycles. The number of anilines is 1. The number of rotatable bonds is 8. The molecular formula is C24H20F3N5O4. The summed E-state index contributed by atoms with van der Waals surface area (Å²) in [4.78, 5) is 18.8. The van der Waals surface area contributed by atoms with Crippen LogP contribution in [0.1, 0.15) is 17.2 Å². The third-order valence-electron chi connectivity index (χ3n) is 5.26. The molecule has 0 aliphatic rings. The van der Waals surface area contributed by atoms with Gasteiger partial charge in [-0.15, -0.1) is 0 Å². The highest BCUT2D eigenvalue weighted by atomic mass is 19.4. The number of benzene rings is 2. The van der Waals surface area contributed by atoms with Gasteiger partial charge in [0, 0.05) is 22.8 Å². The van der Waals surface area contributed by atoms with E-state index in [1.165, 1.54) is 42.8 Å². The van der Waals surface area contributed by atoms with Crippen LogP contribution >= 0.6 is 0 Å². The summed E-state index contributed by atoms with van der Waals surface area (Å²) in [6, 6.07) is 12.3. The normalized spacial score (nSPS) is 13.2. The largest absolute Gasteiger partial charge is 0.480 e. The molecule has 2 heterocycles. The Morgan fingerprint density at radius 2 is 1.69 bits per heavy atom. The quantitative estimate of drug-likeness (QED) is 0.327. The minimum atomic E-state index is -4.75. The standard InChI is InChI=1S/C24H20F3N5O4/c25-24(26,27)21(16-7-5-14(6-8-16)17-11-30-35-12-17)36-20-10-19(31-23(29)32-20)15-3-1-13(2-4-15)9-18(28)22(33)34/h1-8,10-12,18,21H,9,28H2,(H,33,34)(H2,29,31,32)/t18-,21-/m0/s1. The molecule has 12 heteroatoms. The van der Waals surface area contributed by atoms with Gasteiger partial charge in [0.1, 0.15) is 12.3 Å². The number of hydrogen-bond acceptors (Lipinski definition) is 8. The molecule has 2 atom stereocenters. The summed E-state index contributed by atoms with van der Waals surface area (Å²) in [6.45, 7) is 0. The Morgan fingerprint density at radius 1 is 1.03 bits per heavy atom. The van der Waals surface area contributed by atoms with Crippen molar-refractivity contribution in [1.29, 1.82) is 0 Å². The molecule has 0 spiro atoms. The van der Waals surface area contributed by atoms with Gasteiger partial charge in [0.25, 0.3) is 0 Å². The first-order valence-electron chi connectivity index (χ1n) is 10.6. The van der Waals surface area contributed by atoms with E-state index in [4.69, 9.17) is 25.8 Å². The van der Waals surface area contributed by atoms with E-state index in [-0.39, 0.29) is 29.5 Å². The summed E-state index contributed by atoms with van der Waals surface area (Å²) < 4.78 is 51.8. The molecule has 0 radical (unpaired) electrons. The first kappa shape index (κ1) is 24.7. The maximum absolute atomic E-state index is 13.9. The molecule has 36 heavy (non-hydrogen) atoms. The van der Waals surface area contributed by atoms with Gasteiger partial charge in [-0.25, -0.2) is 4.98 Å². The lowest BCUT2D eigenvalue weighted by atomic mass is 10.0. The lowest BCUT2D eigenvalue weighted by Gasteiger charge is -2.22. The van der Waals surface area contributed by atoms with E-state index in [0.29, 0.717) is 22.3 Å². The van der Waals surface area contributed by atoms with Gasteiger partial charge in [0.15, 0.2) is 0 Å². The van der Waals surface area contributed by atoms with Crippen molar-refractivity contribution in [2.45, 2.75) is 24.7 Å². The minimum Gasteiger partial charge on any atom is -0.480 e. The molecule has 0 unspecified atom stereocenters. The Kier molecular flexibility index (Phi) is 6.88. The number of carboxylic acids is 1. The average molecular weight is 499 g/mol. The number of carbonyl (C=O) groups is 1. The maximum atomic E-state index is 13.9. The minimum absolute atomic E-state index is 0.110. The monoisotopic (exact) mass is 499 g/mol. The van der Waals surface area contributed by atoms with Crippen molar-refractivity contribution >= 4 is 11.9 Å². The molecule has 0 saturated heterocycles. The van der Waals surface area contributed by atoms with Crippen LogP contribution in [0.25, 0.3) is 22.4 Å². The van der Waals surface area contributed by atoms with Crippen molar-refractivity contribution in [2.75, 3.05) is 5.73 Å². The van der Waals surface area contributed by atoms with Crippen LogP contribution in [0.4, 0.5) is 19.1 Å². The van der Waals surface area contributed by atoms with Gasteiger partial charge in [0.05, 0.1) is 11.9 Å². The van der Waals surface area contributed by atoms with Crippen LogP contribution in [-0.2, 0) is 11.2 Å². The fourth-order valence-corrected chi connectivity index (χ4v) is 3.45. The number of halogens is 3. The lowest BCUT2D eigenvalue weighted by Crippen LogP contribution is -2.32. The summed E-state index contributed by atoms with van der Waals surface area (Å²) >= 11 is 0. The van der Waals surface area contributed by atoms with Gasteiger partial charge < -0.3 is 25.8 Å². The number of hydrogen-bond donors (Lipinski definition) is 3. The molecule has 0 fully saturated rings. The van der Waals surface area contributed by atoms with Gasteiger partial charge >= 0.3 is 12.1 Å². The zero-order chi connectivity index (χ0) is 25.9. The molecule has 0 amide bonds. The van der Waals surface area contributed by atoms with Crippen molar-refractivity contribution in [2.24, 2.45) is 5.73 Å². The van der Waals surface area contributed by atoms with Crippen LogP contribution in [-0.4, -0.2) is 38.4 Å². The zero-order valence-corrected chi connectivity index (χ0v) is 18.5. The molecule has 0 aliphatic heterocycles. The highest BCUT2D eigenvalue weighted by Gasteiger charge is 2.43. The third kappa shape index (κ3) is 5.78. The van der Waals surface area contributed by atoms with Crippen LogP contribution in [0.3, 0.4) is 0 Å². The van der Waals surface area contributed by atoms with Crippen LogP contribution in [0, 0.1) is 0 Å². The summed E-state index contributed by atoms with van der Waals surface area (Å²) in [7, 11) is 0. The summed E-state index contributed by atoms with van der Waals surface area (Å²) in [6.07, 6.45) is -4.12. The fourth-order valence-electron chi connectivity index (χ4n) is 3.45. The Balaban J connectivity index is 1.58. The third-order valence-corrected chi connectivity index (χ3v) is 5.26. The second-order valence-corrected chi connectivity index (χ2v) is 7.87. The van der Waals surface area contributed by atoms with Gasteiger partial charge in [-0.05, 0) is 17.5 Å². The van der Waals surface area contributed by atoms with Crippen molar-refractivity contribution in [3.05, 3.63) is 78.2 Å². The van der Waals surface area contributed by atoms with Crippen LogP contribution in [0.2, 0.25) is 0 Å². The Morgan fingerprint density at radius 3 is 2.28 bits per heavy atom. The van der Waals surface area contributed by atoms with E-state index >= 15 is 0 Å². The Bertz CT molecular complexity index is 1330. The summed E-state index contributed by atoms with van der Waals surface area (Å²) in [5, 5.41) is 12.5. The molecule has 4 rings (SSSR count). The van der Waals surface area contributed by atoms with E-state index in [1.54, 1.807) is 24.3 Å². The number of nitrogens with two attached hydrogens (primary N) is 2. The smallest absolute Gasteiger partial charge is 0.429 e. The average Bonchev–Trinajstić information content (AvgIpc) is 3.37. The van der Waals surface area contributed by atoms with E-state index in [1.807, 2.05) is 0 Å². The SMILES string of the molecule is Nc1nc(O[C@@H](c2ccc(-c3cnoc3)cc2)C(F)(F)F)cc(-c2ccc(C[C@H](N)C(=O)O)cc2)n1. The molecule has 0 bridgehead atoms. The number of ether oxygens (including phenoxy) is 1. The van der Waals surface area contributed by atoms with Crippen LogP contribution in [0.5, 0.6) is 5.88 Å². The summed E-state index contributed by atoms with van der Waals surface area (Å²) in [5.74, 6) is -1.76. The van der Waals surface area contributed by atoms with E-state index in [2.05, 4.69) is 15.1 Å². The Labute approximate surface area is 202 Å². The second-order valence-electron chi connectivity index (χ2n) is 7.87. The first-order chi connectivity index (χ1) is 17.1. The number of aliphatic carboxylic acids is 1. The first-order valence-corrected chi connectivity index (χ1v) is 10.6. The van der Waals surface area contributed by atoms with Gasteiger partial charge in [0.2, 0.25) is 17.9 Å². The van der Waals surface area contributed by atoms with Crippen molar-refractivity contribution in [3.8, 4) is 28.3 Å². The maximum Gasteiger partial charge on any atom is 0.429 e. The predicted molar refractivity (Wildman–Crippen MR) is 123 cm³/mol. The van der Waals surface area contributed by atoms with Gasteiger partial charge in [-0.2, -0.15) is 18.2 Å². The van der Waals surface area contributed by atoms with Crippen LogP contribution in [0.15, 0.2) is 71.6 Å². The van der Waals surface area contributed by atoms with Gasteiger partial charge in [-0.1, -0.05) is 53.7 Å². The fraction of sp³-hybridized carbons (Fsp3) is 0.167. The number of nitrogens with zero attached hydrogens (tertiary/aromatic N) is 3. The zero-order valence-electron chi connectivity index (χ0n) is 18.5. The van der Waals surface area contributed by atoms with Crippen molar-refractivity contribution in [1.82, 2.24) is 15.1 Å². The molecule has 5 N–H and O–H groups in total. The topological polar surface area (TPSA) is 150 Å². The number of carboxylic acid groups (broad SMARTS) is 1. The molecule has 0 aliphatic carbocycles. The predicted octanol–water partition coefficient (Wildman–Crippen LogP) is 4.02. The molecule has 9 nitrogen and oxygen atoms in total. The molecule has 2 aromatic carbocycles. The molecule has 4 aromatic rings. The summed E-state index contributed by atoms with van der Waals surface area (Å²) in [5.41, 5.74) is 13.8. The van der Waals surface area contributed by atoms with Crippen molar-refractivity contribution in [3.63, 3.8) is 0 Å². The second kappa shape index (κ2) is 10.0. The lowest BCUT2D eigenvalue weighted by molar-refractivity contribution is -0.198. The number of nitrogen functional groups attached to an aromatic ring is 1. The van der Waals surface area contributed by atoms with E-state index in [9.17, 15) is 18.0 Å². The highest BCUT2D eigenvalue weighted by molar-refractivity contribution is 5.73. The molecule has 186 valence electrons. The highest BCUT2D eigenvalue weighted by Crippen LogP contribution is 2.38. The van der Waals surface area contributed by atoms with E-state index in [0.717, 1.165) is 0 Å². The number of aromatic nitrogens is 3.